The number of nitrogens with zero attached hydrogens (tertiary/aromatic N) is 5. The van der Waals surface area contributed by atoms with Crippen LogP contribution in [0.25, 0.3) is 11.2 Å². The Labute approximate surface area is 150 Å². The first-order chi connectivity index (χ1) is 12.6. The maximum atomic E-state index is 12.7. The Morgan fingerprint density at radius 2 is 2.08 bits per heavy atom. The van der Waals surface area contributed by atoms with Crippen LogP contribution in [0.3, 0.4) is 0 Å². The summed E-state index contributed by atoms with van der Waals surface area (Å²) < 4.78 is 3.29. The molecule has 0 unspecified atom stereocenters. The highest BCUT2D eigenvalue weighted by Gasteiger charge is 2.28. The molecule has 1 fully saturated rings. The second-order valence-electron chi connectivity index (χ2n) is 6.74. The highest BCUT2D eigenvalue weighted by Crippen LogP contribution is 2.24. The average Bonchev–Trinajstić information content (AvgIpc) is 2.94. The SMILES string of the molecule is Cn1c(=O)n([C@@H]2CCCN(C(=O)Cc3ccccc3)C2)c2ncncc21. The van der Waals surface area contributed by atoms with Crippen molar-refractivity contribution in [1.82, 2.24) is 24.0 Å². The summed E-state index contributed by atoms with van der Waals surface area (Å²) in [5.74, 6) is 0.101. The number of benzene rings is 1. The molecule has 4 rings (SSSR count). The number of likely N-dealkylation sites (tertiary alicyclic amines) is 1. The van der Waals surface area contributed by atoms with Gasteiger partial charge in [0.25, 0.3) is 0 Å². The monoisotopic (exact) mass is 351 g/mol. The van der Waals surface area contributed by atoms with Crippen LogP contribution in [0.5, 0.6) is 0 Å². The van der Waals surface area contributed by atoms with Gasteiger partial charge in [0.2, 0.25) is 5.91 Å². The molecular formula is C19H21N5O2. The highest BCUT2D eigenvalue weighted by molar-refractivity contribution is 5.79. The van der Waals surface area contributed by atoms with Crippen molar-refractivity contribution in [3.63, 3.8) is 0 Å². The summed E-state index contributed by atoms with van der Waals surface area (Å²) in [6, 6.07) is 9.69. The van der Waals surface area contributed by atoms with E-state index in [0.29, 0.717) is 24.1 Å². The lowest BCUT2D eigenvalue weighted by atomic mass is 10.0. The van der Waals surface area contributed by atoms with Crippen molar-refractivity contribution < 1.29 is 4.79 Å². The first-order valence-corrected chi connectivity index (χ1v) is 8.84. The first-order valence-electron chi connectivity index (χ1n) is 8.84. The number of carbonyl (C=O) groups excluding carboxylic acids is 1. The van der Waals surface area contributed by atoms with Gasteiger partial charge in [0.15, 0.2) is 5.65 Å². The number of carbonyl (C=O) groups is 1. The molecule has 1 saturated heterocycles. The smallest absolute Gasteiger partial charge is 0.330 e. The zero-order valence-electron chi connectivity index (χ0n) is 14.7. The molecular weight excluding hydrogens is 330 g/mol. The lowest BCUT2D eigenvalue weighted by molar-refractivity contribution is -0.132. The van der Waals surface area contributed by atoms with Crippen LogP contribution in [0, 0.1) is 0 Å². The number of aromatic nitrogens is 4. The molecule has 1 aromatic carbocycles. The number of rotatable bonds is 3. The molecule has 0 N–H and O–H groups in total. The topological polar surface area (TPSA) is 73.0 Å². The number of hydrogen-bond donors (Lipinski definition) is 0. The quantitative estimate of drug-likeness (QED) is 0.717. The van der Waals surface area contributed by atoms with Crippen LogP contribution in [0.1, 0.15) is 24.4 Å². The van der Waals surface area contributed by atoms with E-state index in [1.165, 1.54) is 6.33 Å². The maximum Gasteiger partial charge on any atom is 0.330 e. The van der Waals surface area contributed by atoms with E-state index in [1.54, 1.807) is 22.4 Å². The minimum absolute atomic E-state index is 0.0606. The number of imidazole rings is 1. The van der Waals surface area contributed by atoms with Gasteiger partial charge in [0, 0.05) is 20.1 Å². The van der Waals surface area contributed by atoms with Gasteiger partial charge in [0.05, 0.1) is 18.7 Å². The van der Waals surface area contributed by atoms with Crippen molar-refractivity contribution in [1.29, 1.82) is 0 Å². The van der Waals surface area contributed by atoms with Gasteiger partial charge in [-0.05, 0) is 18.4 Å². The van der Waals surface area contributed by atoms with Crippen LogP contribution >= 0.6 is 0 Å². The summed E-state index contributed by atoms with van der Waals surface area (Å²) in [6.07, 6.45) is 5.23. The van der Waals surface area contributed by atoms with E-state index in [0.717, 1.165) is 24.9 Å². The summed E-state index contributed by atoms with van der Waals surface area (Å²) in [5.41, 5.74) is 2.25. The second-order valence-corrected chi connectivity index (χ2v) is 6.74. The van der Waals surface area contributed by atoms with Crippen LogP contribution < -0.4 is 5.69 Å². The van der Waals surface area contributed by atoms with Crippen LogP contribution in [0.4, 0.5) is 0 Å². The van der Waals surface area contributed by atoms with Gasteiger partial charge in [-0.1, -0.05) is 30.3 Å². The standard InChI is InChI=1S/C19H21N5O2/c1-22-16-11-20-13-21-18(16)24(19(22)26)15-8-5-9-23(12-15)17(25)10-14-6-3-2-4-7-14/h2-4,6-7,11,13,15H,5,8-10,12H2,1H3/t15-/m1/s1. The fourth-order valence-corrected chi connectivity index (χ4v) is 3.70. The number of piperidine rings is 1. The van der Waals surface area contributed by atoms with Gasteiger partial charge in [-0.2, -0.15) is 0 Å². The largest absolute Gasteiger partial charge is 0.340 e. The summed E-state index contributed by atoms with van der Waals surface area (Å²) in [4.78, 5) is 35.6. The lowest BCUT2D eigenvalue weighted by Gasteiger charge is -2.33. The Morgan fingerprint density at radius 1 is 1.27 bits per heavy atom. The van der Waals surface area contributed by atoms with Crippen LogP contribution in [-0.4, -0.2) is 43.0 Å². The van der Waals surface area contributed by atoms with Gasteiger partial charge >= 0.3 is 5.69 Å². The van der Waals surface area contributed by atoms with E-state index in [4.69, 9.17) is 0 Å². The Balaban J connectivity index is 1.59. The number of aryl methyl sites for hydroxylation is 1. The van der Waals surface area contributed by atoms with E-state index in [9.17, 15) is 9.59 Å². The van der Waals surface area contributed by atoms with E-state index in [1.807, 2.05) is 35.2 Å². The molecule has 7 nitrogen and oxygen atoms in total. The fourth-order valence-electron chi connectivity index (χ4n) is 3.70. The van der Waals surface area contributed by atoms with Gasteiger partial charge in [-0.3, -0.25) is 13.9 Å². The van der Waals surface area contributed by atoms with Crippen LogP contribution in [-0.2, 0) is 18.3 Å². The van der Waals surface area contributed by atoms with Crippen molar-refractivity contribution in [2.24, 2.45) is 7.05 Å². The molecule has 0 radical (unpaired) electrons. The van der Waals surface area contributed by atoms with Crippen LogP contribution in [0.15, 0.2) is 47.7 Å². The van der Waals surface area contributed by atoms with Gasteiger partial charge in [0.1, 0.15) is 11.8 Å². The summed E-state index contributed by atoms with van der Waals surface area (Å²) in [7, 11) is 1.73. The predicted molar refractivity (Wildman–Crippen MR) is 97.8 cm³/mol. The third-order valence-corrected chi connectivity index (χ3v) is 5.07. The van der Waals surface area contributed by atoms with E-state index in [2.05, 4.69) is 9.97 Å². The predicted octanol–water partition coefficient (Wildman–Crippen LogP) is 1.54. The van der Waals surface area contributed by atoms with Crippen molar-refractivity contribution >= 4 is 17.1 Å². The Kier molecular flexibility index (Phi) is 4.28. The Morgan fingerprint density at radius 3 is 2.88 bits per heavy atom. The van der Waals surface area contributed by atoms with Crippen molar-refractivity contribution in [2.75, 3.05) is 13.1 Å². The Bertz CT molecular complexity index is 992. The lowest BCUT2D eigenvalue weighted by Crippen LogP contribution is -2.43. The molecule has 2 aromatic heterocycles. The fraction of sp³-hybridized carbons (Fsp3) is 0.368. The molecule has 1 atom stereocenters. The van der Waals surface area contributed by atoms with Crippen molar-refractivity contribution in [3.8, 4) is 0 Å². The number of fused-ring (bicyclic) bond motifs is 1. The molecule has 1 aliphatic heterocycles. The zero-order chi connectivity index (χ0) is 18.1. The van der Waals surface area contributed by atoms with E-state index in [-0.39, 0.29) is 17.6 Å². The van der Waals surface area contributed by atoms with Gasteiger partial charge in [-0.15, -0.1) is 0 Å². The maximum absolute atomic E-state index is 12.7. The molecule has 3 aromatic rings. The molecule has 1 aliphatic rings. The molecule has 0 spiro atoms. The van der Waals surface area contributed by atoms with Gasteiger partial charge in [-0.25, -0.2) is 14.8 Å². The molecule has 0 bridgehead atoms. The average molecular weight is 351 g/mol. The normalized spacial score (nSPS) is 17.6. The molecule has 7 heteroatoms. The minimum Gasteiger partial charge on any atom is -0.340 e. The van der Waals surface area contributed by atoms with E-state index >= 15 is 0 Å². The Hall–Kier alpha value is -2.96. The summed E-state index contributed by atoms with van der Waals surface area (Å²) >= 11 is 0. The molecule has 26 heavy (non-hydrogen) atoms. The number of hydrogen-bond acceptors (Lipinski definition) is 4. The first kappa shape index (κ1) is 16.5. The zero-order valence-corrected chi connectivity index (χ0v) is 14.7. The van der Waals surface area contributed by atoms with Gasteiger partial charge < -0.3 is 4.90 Å². The van der Waals surface area contributed by atoms with Crippen molar-refractivity contribution in [3.05, 3.63) is 58.9 Å². The molecule has 0 saturated carbocycles. The van der Waals surface area contributed by atoms with Crippen molar-refractivity contribution in [2.45, 2.75) is 25.3 Å². The highest BCUT2D eigenvalue weighted by atomic mass is 16.2. The van der Waals surface area contributed by atoms with Crippen LogP contribution in [0.2, 0.25) is 0 Å². The second kappa shape index (κ2) is 6.74. The third-order valence-electron chi connectivity index (χ3n) is 5.07. The molecule has 134 valence electrons. The minimum atomic E-state index is -0.108. The molecule has 3 heterocycles. The number of amides is 1. The molecule has 0 aliphatic carbocycles. The molecule has 1 amide bonds. The summed E-state index contributed by atoms with van der Waals surface area (Å²) in [6.45, 7) is 1.27. The third kappa shape index (κ3) is 2.89. The van der Waals surface area contributed by atoms with E-state index < -0.39 is 0 Å². The summed E-state index contributed by atoms with van der Waals surface area (Å²) in [5, 5.41) is 0.